The van der Waals surface area contributed by atoms with Crippen LogP contribution < -0.4 is 14.2 Å². The number of ether oxygens (including phenoxy) is 3. The highest BCUT2D eigenvalue weighted by atomic mass is 35.5. The highest BCUT2D eigenvalue weighted by Crippen LogP contribution is 2.51. The summed E-state index contributed by atoms with van der Waals surface area (Å²) in [5.41, 5.74) is 4.19. The SMILES string of the molecule is COc1ccc(C2c3ccc4ccccc4c3Oc3ncn4nc(-c5ccccc5Cl)nc4c32)cc1OC. The monoisotopic (exact) mass is 520 g/mol. The van der Waals surface area contributed by atoms with Crippen molar-refractivity contribution >= 4 is 28.0 Å². The lowest BCUT2D eigenvalue weighted by Crippen LogP contribution is -2.15. The van der Waals surface area contributed by atoms with Gasteiger partial charge in [-0.3, -0.25) is 0 Å². The Labute approximate surface area is 223 Å². The zero-order valence-electron chi connectivity index (χ0n) is 20.6. The number of hydrogen-bond acceptors (Lipinski definition) is 6. The molecule has 0 amide bonds. The maximum atomic E-state index is 6.52. The van der Waals surface area contributed by atoms with E-state index in [-0.39, 0.29) is 5.92 Å². The van der Waals surface area contributed by atoms with Gasteiger partial charge in [-0.05, 0) is 35.2 Å². The molecule has 0 saturated carbocycles. The topological polar surface area (TPSA) is 70.8 Å². The zero-order valence-corrected chi connectivity index (χ0v) is 21.3. The fraction of sp³-hybridized carbons (Fsp3) is 0.100. The fourth-order valence-corrected chi connectivity index (χ4v) is 5.40. The number of aromatic nitrogens is 4. The van der Waals surface area contributed by atoms with Crippen LogP contribution in [0.3, 0.4) is 0 Å². The molecule has 0 bridgehead atoms. The molecule has 0 aliphatic carbocycles. The van der Waals surface area contributed by atoms with Crippen molar-refractivity contribution in [2.24, 2.45) is 0 Å². The van der Waals surface area contributed by atoms with Crippen LogP contribution in [0.2, 0.25) is 5.02 Å². The van der Waals surface area contributed by atoms with Gasteiger partial charge in [0.2, 0.25) is 5.88 Å². The van der Waals surface area contributed by atoms with Crippen molar-refractivity contribution < 1.29 is 14.2 Å². The van der Waals surface area contributed by atoms with Gasteiger partial charge in [0.15, 0.2) is 23.0 Å². The highest BCUT2D eigenvalue weighted by Gasteiger charge is 2.35. The van der Waals surface area contributed by atoms with Gasteiger partial charge < -0.3 is 14.2 Å². The Hall–Kier alpha value is -4.62. The largest absolute Gasteiger partial charge is 0.493 e. The van der Waals surface area contributed by atoms with Crippen molar-refractivity contribution in [3.8, 4) is 34.5 Å². The van der Waals surface area contributed by atoms with E-state index in [1.165, 1.54) is 0 Å². The molecule has 0 fully saturated rings. The van der Waals surface area contributed by atoms with Gasteiger partial charge in [-0.2, -0.15) is 0 Å². The number of rotatable bonds is 4. The second-order valence-corrected chi connectivity index (χ2v) is 9.41. The average molecular weight is 521 g/mol. The van der Waals surface area contributed by atoms with Crippen LogP contribution in [0.4, 0.5) is 0 Å². The molecule has 1 aliphatic heterocycles. The van der Waals surface area contributed by atoms with Crippen molar-refractivity contribution in [2.75, 3.05) is 14.2 Å². The molecule has 3 heterocycles. The number of halogens is 1. The summed E-state index contributed by atoms with van der Waals surface area (Å²) in [5, 5.41) is 7.39. The lowest BCUT2D eigenvalue weighted by Gasteiger charge is -2.29. The van der Waals surface area contributed by atoms with Crippen LogP contribution in [0, 0.1) is 0 Å². The summed E-state index contributed by atoms with van der Waals surface area (Å²) >= 11 is 6.48. The molecule has 0 radical (unpaired) electrons. The Morgan fingerprint density at radius 2 is 1.71 bits per heavy atom. The highest BCUT2D eigenvalue weighted by molar-refractivity contribution is 6.33. The molecule has 7 rings (SSSR count). The third kappa shape index (κ3) is 3.39. The smallest absolute Gasteiger partial charge is 0.228 e. The summed E-state index contributed by atoms with van der Waals surface area (Å²) in [6.45, 7) is 0. The molecule has 0 saturated heterocycles. The van der Waals surface area contributed by atoms with Gasteiger partial charge in [0.1, 0.15) is 12.1 Å². The predicted octanol–water partition coefficient (Wildman–Crippen LogP) is 6.90. The standard InChI is InChI=1S/C30H21ClN4O3/c1-36-23-14-12-18(15-24(23)37-2)25-21-13-11-17-7-3-4-8-19(17)27(21)38-30-26(25)29-33-28(34-35(29)16-32-30)20-9-5-6-10-22(20)31/h3-16,25H,1-2H3. The quantitative estimate of drug-likeness (QED) is 0.251. The molecular formula is C30H21ClN4O3. The second kappa shape index (κ2) is 8.75. The normalized spacial score (nSPS) is 14.1. The molecule has 1 atom stereocenters. The van der Waals surface area contributed by atoms with Gasteiger partial charge in [-0.25, -0.2) is 14.5 Å². The Morgan fingerprint density at radius 1 is 0.895 bits per heavy atom. The number of nitrogens with zero attached hydrogens (tertiary/aromatic N) is 4. The Bertz CT molecular complexity index is 1870. The van der Waals surface area contributed by atoms with E-state index in [2.05, 4.69) is 29.2 Å². The first-order valence-corrected chi connectivity index (χ1v) is 12.5. The lowest BCUT2D eigenvalue weighted by molar-refractivity contribution is 0.354. The first-order valence-electron chi connectivity index (χ1n) is 12.1. The number of fused-ring (bicyclic) bond motifs is 6. The molecule has 7 nitrogen and oxygen atoms in total. The first-order chi connectivity index (χ1) is 18.7. The maximum absolute atomic E-state index is 6.52. The van der Waals surface area contributed by atoms with Crippen molar-refractivity contribution in [2.45, 2.75) is 5.92 Å². The summed E-state index contributed by atoms with van der Waals surface area (Å²) in [7, 11) is 3.26. The van der Waals surface area contributed by atoms with Gasteiger partial charge in [0.25, 0.3) is 0 Å². The third-order valence-corrected chi connectivity index (χ3v) is 7.28. The van der Waals surface area contributed by atoms with E-state index in [9.17, 15) is 0 Å². The molecule has 4 aromatic carbocycles. The second-order valence-electron chi connectivity index (χ2n) is 9.00. The molecule has 6 aromatic rings. The van der Waals surface area contributed by atoms with E-state index in [0.29, 0.717) is 33.9 Å². The minimum absolute atomic E-state index is 0.252. The molecular weight excluding hydrogens is 500 g/mol. The van der Waals surface area contributed by atoms with Crippen molar-refractivity contribution in [1.29, 1.82) is 0 Å². The lowest BCUT2D eigenvalue weighted by atomic mass is 9.82. The summed E-state index contributed by atoms with van der Waals surface area (Å²) in [6, 6.07) is 25.9. The van der Waals surface area contributed by atoms with Crippen LogP contribution in [0.1, 0.15) is 22.6 Å². The Morgan fingerprint density at radius 3 is 2.55 bits per heavy atom. The van der Waals surface area contributed by atoms with Crippen LogP contribution in [0.25, 0.3) is 27.8 Å². The van der Waals surface area contributed by atoms with E-state index < -0.39 is 0 Å². The van der Waals surface area contributed by atoms with Gasteiger partial charge in [0.05, 0.1) is 24.8 Å². The fourth-order valence-electron chi connectivity index (χ4n) is 5.18. The number of methoxy groups -OCH3 is 2. The molecule has 1 unspecified atom stereocenters. The molecule has 186 valence electrons. The van der Waals surface area contributed by atoms with E-state index in [1.807, 2.05) is 54.6 Å². The van der Waals surface area contributed by atoms with Crippen LogP contribution in [0.5, 0.6) is 23.1 Å². The van der Waals surface area contributed by atoms with Gasteiger partial charge >= 0.3 is 0 Å². The van der Waals surface area contributed by atoms with Gasteiger partial charge in [-0.15, -0.1) is 5.10 Å². The average Bonchev–Trinajstić information content (AvgIpc) is 3.40. The van der Waals surface area contributed by atoms with Crippen molar-refractivity contribution in [3.63, 3.8) is 0 Å². The predicted molar refractivity (Wildman–Crippen MR) is 146 cm³/mol. The first kappa shape index (κ1) is 22.6. The van der Waals surface area contributed by atoms with Gasteiger partial charge in [-0.1, -0.05) is 66.2 Å². The van der Waals surface area contributed by atoms with E-state index in [0.717, 1.165) is 38.8 Å². The Balaban J connectivity index is 1.52. The zero-order chi connectivity index (χ0) is 25.8. The summed E-state index contributed by atoms with van der Waals surface area (Å²) in [5.74, 6) is 2.82. The van der Waals surface area contributed by atoms with Crippen LogP contribution in [-0.4, -0.2) is 33.8 Å². The summed E-state index contributed by atoms with van der Waals surface area (Å²) < 4.78 is 19.4. The number of benzene rings is 4. The molecule has 0 spiro atoms. The van der Waals surface area contributed by atoms with Crippen molar-refractivity contribution in [1.82, 2.24) is 19.6 Å². The van der Waals surface area contributed by atoms with E-state index in [1.54, 1.807) is 25.1 Å². The van der Waals surface area contributed by atoms with Crippen molar-refractivity contribution in [3.05, 3.63) is 107 Å². The molecule has 0 N–H and O–H groups in total. The van der Waals surface area contributed by atoms with Gasteiger partial charge in [0, 0.05) is 22.4 Å². The minimum atomic E-state index is -0.252. The minimum Gasteiger partial charge on any atom is -0.493 e. The third-order valence-electron chi connectivity index (χ3n) is 6.95. The molecule has 8 heteroatoms. The Kier molecular flexibility index (Phi) is 5.19. The van der Waals surface area contributed by atoms with Crippen LogP contribution >= 0.6 is 11.6 Å². The van der Waals surface area contributed by atoms with Crippen LogP contribution in [-0.2, 0) is 0 Å². The van der Waals surface area contributed by atoms with E-state index >= 15 is 0 Å². The maximum Gasteiger partial charge on any atom is 0.228 e. The summed E-state index contributed by atoms with van der Waals surface area (Å²) in [4.78, 5) is 9.62. The molecule has 38 heavy (non-hydrogen) atoms. The van der Waals surface area contributed by atoms with E-state index in [4.69, 9.17) is 35.9 Å². The summed E-state index contributed by atoms with van der Waals surface area (Å²) in [6.07, 6.45) is 1.63. The van der Waals surface area contributed by atoms with Crippen LogP contribution in [0.15, 0.2) is 85.2 Å². The molecule has 1 aliphatic rings. The number of hydrogen-bond donors (Lipinski definition) is 0. The molecule has 2 aromatic heterocycles.